The molecular weight excluding hydrogens is 534 g/mol. The summed E-state index contributed by atoms with van der Waals surface area (Å²) in [6.07, 6.45) is 2.50. The van der Waals surface area contributed by atoms with E-state index in [1.54, 1.807) is 35.9 Å². The molecule has 2 heterocycles. The van der Waals surface area contributed by atoms with Crippen molar-refractivity contribution in [3.8, 4) is 0 Å². The molecule has 0 amide bonds. The standard InChI is InChI=1S/C28H33N5O6S/c1-5-6-12-23-29-25-24(26(34)30-28(36)32(25)3)33(23)18(2)20-13-15-21(16-14-20)40(37,38)31-22(27(35)39-4)17-19-10-8-7-9-11-19/h7-11,13-16,18,22,31H,5-6,12,17H2,1-4H3,(H,30,34,36)/t18?,22-/m0/s1. The number of esters is 1. The Morgan fingerprint density at radius 2 is 1.77 bits per heavy atom. The number of imidazole rings is 1. The van der Waals surface area contributed by atoms with E-state index in [0.717, 1.165) is 24.0 Å². The van der Waals surface area contributed by atoms with Crippen molar-refractivity contribution in [2.45, 2.75) is 56.5 Å². The molecule has 1 unspecified atom stereocenters. The molecule has 0 saturated heterocycles. The van der Waals surface area contributed by atoms with Gasteiger partial charge in [0.15, 0.2) is 11.2 Å². The van der Waals surface area contributed by atoms with Gasteiger partial charge in [0, 0.05) is 13.5 Å². The Hall–Kier alpha value is -4.03. The number of benzene rings is 2. The van der Waals surface area contributed by atoms with E-state index in [0.29, 0.717) is 17.9 Å². The monoisotopic (exact) mass is 567 g/mol. The van der Waals surface area contributed by atoms with E-state index in [2.05, 4.69) is 21.6 Å². The summed E-state index contributed by atoms with van der Waals surface area (Å²) in [6, 6.07) is 13.8. The fraction of sp³-hybridized carbons (Fsp3) is 0.357. The number of ether oxygens (including phenoxy) is 1. The number of nitrogens with one attached hydrogen (secondary N) is 2. The van der Waals surface area contributed by atoms with Gasteiger partial charge in [-0.3, -0.25) is 19.1 Å². The number of unbranched alkanes of at least 4 members (excludes halogenated alkanes) is 1. The second kappa shape index (κ2) is 12.0. The first-order chi connectivity index (χ1) is 19.1. The lowest BCUT2D eigenvalue weighted by molar-refractivity contribution is -0.142. The van der Waals surface area contributed by atoms with Crippen LogP contribution in [0.15, 0.2) is 69.1 Å². The molecule has 12 heteroatoms. The Kier molecular flexibility index (Phi) is 8.70. The average Bonchev–Trinajstić information content (AvgIpc) is 3.34. The molecule has 2 aromatic carbocycles. The zero-order valence-electron chi connectivity index (χ0n) is 22.9. The Labute approximate surface area is 231 Å². The predicted molar refractivity (Wildman–Crippen MR) is 151 cm³/mol. The van der Waals surface area contributed by atoms with Gasteiger partial charge in [-0.2, -0.15) is 4.72 Å². The summed E-state index contributed by atoms with van der Waals surface area (Å²) in [5, 5.41) is 0. The summed E-state index contributed by atoms with van der Waals surface area (Å²) < 4.78 is 36.8. The minimum absolute atomic E-state index is 0.0210. The fourth-order valence-electron chi connectivity index (χ4n) is 4.67. The first-order valence-electron chi connectivity index (χ1n) is 13.0. The highest BCUT2D eigenvalue weighted by Gasteiger charge is 2.27. The van der Waals surface area contributed by atoms with Crippen molar-refractivity contribution >= 4 is 27.2 Å². The Balaban J connectivity index is 1.66. The van der Waals surface area contributed by atoms with Crippen molar-refractivity contribution in [1.29, 1.82) is 0 Å². The minimum Gasteiger partial charge on any atom is -0.468 e. The first-order valence-corrected chi connectivity index (χ1v) is 14.5. The molecule has 0 spiro atoms. The zero-order valence-corrected chi connectivity index (χ0v) is 23.7. The third kappa shape index (κ3) is 5.92. The maximum absolute atomic E-state index is 13.2. The van der Waals surface area contributed by atoms with Gasteiger partial charge in [-0.25, -0.2) is 18.2 Å². The van der Waals surface area contributed by atoms with Gasteiger partial charge in [-0.15, -0.1) is 0 Å². The van der Waals surface area contributed by atoms with Crippen LogP contribution in [0.1, 0.15) is 49.7 Å². The molecule has 40 heavy (non-hydrogen) atoms. The van der Waals surface area contributed by atoms with Crippen LogP contribution in [0.2, 0.25) is 0 Å². The number of nitrogens with zero attached hydrogens (tertiary/aromatic N) is 3. The van der Waals surface area contributed by atoms with Crippen molar-refractivity contribution < 1.29 is 17.9 Å². The summed E-state index contributed by atoms with van der Waals surface area (Å²) in [4.78, 5) is 44.3. The Morgan fingerprint density at radius 1 is 1.10 bits per heavy atom. The molecule has 4 rings (SSSR count). The highest BCUT2D eigenvalue weighted by molar-refractivity contribution is 7.89. The summed E-state index contributed by atoms with van der Waals surface area (Å²) in [5.41, 5.74) is 1.01. The van der Waals surface area contributed by atoms with Gasteiger partial charge >= 0.3 is 11.7 Å². The van der Waals surface area contributed by atoms with E-state index < -0.39 is 33.3 Å². The molecule has 0 aliphatic rings. The van der Waals surface area contributed by atoms with Gasteiger partial charge < -0.3 is 9.30 Å². The summed E-state index contributed by atoms with van der Waals surface area (Å²) in [6.45, 7) is 3.94. The third-order valence-corrected chi connectivity index (χ3v) is 8.39. The summed E-state index contributed by atoms with van der Waals surface area (Å²) >= 11 is 0. The van der Waals surface area contributed by atoms with E-state index in [1.807, 2.05) is 25.1 Å². The molecule has 2 aromatic heterocycles. The lowest BCUT2D eigenvalue weighted by Crippen LogP contribution is -2.42. The number of aryl methyl sites for hydroxylation is 2. The number of carbonyl (C=O) groups is 1. The number of hydrogen-bond donors (Lipinski definition) is 2. The van der Waals surface area contributed by atoms with Gasteiger partial charge in [-0.05, 0) is 43.0 Å². The van der Waals surface area contributed by atoms with Crippen molar-refractivity contribution in [2.24, 2.45) is 7.05 Å². The van der Waals surface area contributed by atoms with Crippen molar-refractivity contribution in [3.05, 3.63) is 92.4 Å². The molecule has 2 N–H and O–H groups in total. The molecule has 0 bridgehead atoms. The molecule has 11 nitrogen and oxygen atoms in total. The zero-order chi connectivity index (χ0) is 29.0. The fourth-order valence-corrected chi connectivity index (χ4v) is 5.86. The number of aromatic nitrogens is 4. The molecule has 0 saturated carbocycles. The van der Waals surface area contributed by atoms with E-state index in [-0.39, 0.29) is 22.9 Å². The van der Waals surface area contributed by atoms with Crippen LogP contribution in [0.3, 0.4) is 0 Å². The normalized spacial score (nSPS) is 13.3. The quantitative estimate of drug-likeness (QED) is 0.265. The maximum atomic E-state index is 13.2. The van der Waals surface area contributed by atoms with Crippen LogP contribution < -0.4 is 16.0 Å². The van der Waals surface area contributed by atoms with Crippen molar-refractivity contribution in [1.82, 2.24) is 23.8 Å². The van der Waals surface area contributed by atoms with Crippen LogP contribution >= 0.6 is 0 Å². The first kappa shape index (κ1) is 29.0. The number of hydrogen-bond acceptors (Lipinski definition) is 7. The number of methoxy groups -OCH3 is 1. The predicted octanol–water partition coefficient (Wildman–Crippen LogP) is 2.44. The van der Waals surface area contributed by atoms with E-state index in [9.17, 15) is 22.8 Å². The molecule has 2 atom stereocenters. The molecule has 0 fully saturated rings. The van der Waals surface area contributed by atoms with Crippen LogP contribution in [0.25, 0.3) is 11.2 Å². The number of rotatable bonds is 11. The number of aromatic amines is 1. The number of fused-ring (bicyclic) bond motifs is 1. The number of carbonyl (C=O) groups excluding carboxylic acids is 1. The molecule has 0 aliphatic heterocycles. The molecule has 4 aromatic rings. The van der Waals surface area contributed by atoms with Gasteiger partial charge in [-0.1, -0.05) is 55.8 Å². The van der Waals surface area contributed by atoms with Crippen molar-refractivity contribution in [3.63, 3.8) is 0 Å². The van der Waals surface area contributed by atoms with E-state index >= 15 is 0 Å². The van der Waals surface area contributed by atoms with E-state index in [4.69, 9.17) is 4.74 Å². The largest absolute Gasteiger partial charge is 0.468 e. The molecular formula is C28H33N5O6S. The lowest BCUT2D eigenvalue weighted by atomic mass is 10.1. The summed E-state index contributed by atoms with van der Waals surface area (Å²) in [7, 11) is -1.30. The summed E-state index contributed by atoms with van der Waals surface area (Å²) in [5.74, 6) is -0.0277. The minimum atomic E-state index is -4.07. The van der Waals surface area contributed by atoms with E-state index in [1.165, 1.54) is 23.8 Å². The van der Waals surface area contributed by atoms with Gasteiger partial charge in [0.2, 0.25) is 10.0 Å². The average molecular weight is 568 g/mol. The maximum Gasteiger partial charge on any atom is 0.329 e. The second-order valence-electron chi connectivity index (χ2n) is 9.62. The topological polar surface area (TPSA) is 145 Å². The SMILES string of the molecule is CCCCc1nc2c(c(=O)[nH]c(=O)n2C)n1C(C)c1ccc(S(=O)(=O)N[C@@H](Cc2ccccc2)C(=O)OC)cc1. The Bertz CT molecular complexity index is 1720. The second-order valence-corrected chi connectivity index (χ2v) is 11.3. The van der Waals surface area contributed by atoms with Crippen LogP contribution in [0.5, 0.6) is 0 Å². The van der Waals surface area contributed by atoms with Crippen LogP contribution in [0, 0.1) is 0 Å². The van der Waals surface area contributed by atoms with Crippen LogP contribution in [-0.2, 0) is 39.4 Å². The molecule has 0 radical (unpaired) electrons. The third-order valence-electron chi connectivity index (χ3n) is 6.90. The molecule has 212 valence electrons. The van der Waals surface area contributed by atoms with Gasteiger partial charge in [0.05, 0.1) is 18.0 Å². The van der Waals surface area contributed by atoms with Crippen molar-refractivity contribution in [2.75, 3.05) is 7.11 Å². The van der Waals surface area contributed by atoms with Gasteiger partial charge in [0.1, 0.15) is 11.9 Å². The number of sulfonamides is 1. The smallest absolute Gasteiger partial charge is 0.329 e. The van der Waals surface area contributed by atoms with Gasteiger partial charge in [0.25, 0.3) is 5.56 Å². The van der Waals surface area contributed by atoms with Crippen LogP contribution in [0.4, 0.5) is 0 Å². The number of H-pyrrole nitrogens is 1. The Morgan fingerprint density at radius 3 is 2.40 bits per heavy atom. The highest BCUT2D eigenvalue weighted by Crippen LogP contribution is 2.26. The lowest BCUT2D eigenvalue weighted by Gasteiger charge is -2.19. The molecule has 0 aliphatic carbocycles. The van der Waals surface area contributed by atoms with Crippen LogP contribution in [-0.4, -0.2) is 46.6 Å². The highest BCUT2D eigenvalue weighted by atomic mass is 32.2.